The largest absolute Gasteiger partial charge is 0.384 e. The van der Waals surface area contributed by atoms with Crippen LogP contribution in [0.5, 0.6) is 0 Å². The molecule has 2 rings (SSSR count). The number of nitrogens with two attached hydrogens (primary N) is 1. The van der Waals surface area contributed by atoms with Gasteiger partial charge in [0.2, 0.25) is 0 Å². The fourth-order valence-corrected chi connectivity index (χ4v) is 2.40. The lowest BCUT2D eigenvalue weighted by atomic mass is 9.95. The van der Waals surface area contributed by atoms with Gasteiger partial charge in [0.15, 0.2) is 0 Å². The van der Waals surface area contributed by atoms with E-state index in [-0.39, 0.29) is 0 Å². The van der Waals surface area contributed by atoms with E-state index in [9.17, 15) is 0 Å². The third-order valence-electron chi connectivity index (χ3n) is 3.34. The summed E-state index contributed by atoms with van der Waals surface area (Å²) >= 11 is 0. The van der Waals surface area contributed by atoms with Gasteiger partial charge in [-0.25, -0.2) is 0 Å². The van der Waals surface area contributed by atoms with Crippen LogP contribution in [0.2, 0.25) is 0 Å². The van der Waals surface area contributed by atoms with Crippen molar-refractivity contribution < 1.29 is 0 Å². The Morgan fingerprint density at radius 1 is 1.22 bits per heavy atom. The Balaban J connectivity index is 2.67. The minimum atomic E-state index is 0.370. The SMILES string of the molecule is Cc1ccc(-c2nn(C)c(N)c2C(C)C)c(C)c1. The Morgan fingerprint density at radius 2 is 1.89 bits per heavy atom. The van der Waals surface area contributed by atoms with Gasteiger partial charge in [-0.3, -0.25) is 4.68 Å². The van der Waals surface area contributed by atoms with Gasteiger partial charge in [0.1, 0.15) is 5.82 Å². The van der Waals surface area contributed by atoms with Crippen LogP contribution in [0.15, 0.2) is 18.2 Å². The molecule has 18 heavy (non-hydrogen) atoms. The maximum absolute atomic E-state index is 6.12. The van der Waals surface area contributed by atoms with Crippen LogP contribution in [0.25, 0.3) is 11.3 Å². The predicted octanol–water partition coefficient (Wildman–Crippen LogP) is 3.41. The molecule has 0 atom stereocenters. The molecule has 2 aromatic rings. The third kappa shape index (κ3) is 2.01. The molecule has 1 aromatic carbocycles. The fraction of sp³-hybridized carbons (Fsp3) is 0.400. The number of aryl methyl sites for hydroxylation is 3. The topological polar surface area (TPSA) is 43.8 Å². The van der Waals surface area contributed by atoms with Crippen molar-refractivity contribution in [2.45, 2.75) is 33.6 Å². The van der Waals surface area contributed by atoms with Gasteiger partial charge in [-0.2, -0.15) is 5.10 Å². The molecular formula is C15H21N3. The lowest BCUT2D eigenvalue weighted by Gasteiger charge is -2.09. The Hall–Kier alpha value is -1.77. The number of nitrogen functional groups attached to an aromatic ring is 1. The molecule has 1 aromatic heterocycles. The van der Waals surface area contributed by atoms with Crippen LogP contribution in [-0.4, -0.2) is 9.78 Å². The van der Waals surface area contributed by atoms with Crippen LogP contribution in [-0.2, 0) is 7.05 Å². The Bertz CT molecular complexity index is 580. The summed E-state index contributed by atoms with van der Waals surface area (Å²) in [4.78, 5) is 0. The average molecular weight is 243 g/mol. The zero-order valence-corrected chi connectivity index (χ0v) is 11.8. The van der Waals surface area contributed by atoms with Crippen molar-refractivity contribution in [1.29, 1.82) is 0 Å². The standard InChI is InChI=1S/C15H21N3/c1-9(2)13-14(17-18(5)15(13)16)12-7-6-10(3)8-11(12)4/h6-9H,16H2,1-5H3. The molecule has 0 amide bonds. The molecule has 0 bridgehead atoms. The second-order valence-corrected chi connectivity index (χ2v) is 5.24. The highest BCUT2D eigenvalue weighted by Crippen LogP contribution is 2.34. The second-order valence-electron chi connectivity index (χ2n) is 5.24. The zero-order chi connectivity index (χ0) is 13.4. The van der Waals surface area contributed by atoms with E-state index in [0.29, 0.717) is 5.92 Å². The molecule has 0 saturated carbocycles. The fourth-order valence-electron chi connectivity index (χ4n) is 2.40. The van der Waals surface area contributed by atoms with E-state index in [1.807, 2.05) is 7.05 Å². The molecule has 2 N–H and O–H groups in total. The summed E-state index contributed by atoms with van der Waals surface area (Å²) in [7, 11) is 1.90. The number of aromatic nitrogens is 2. The van der Waals surface area contributed by atoms with Crippen molar-refractivity contribution in [1.82, 2.24) is 9.78 Å². The molecule has 0 aliphatic carbocycles. The van der Waals surface area contributed by atoms with Crippen LogP contribution in [0.3, 0.4) is 0 Å². The van der Waals surface area contributed by atoms with Crippen LogP contribution in [0.1, 0.15) is 36.5 Å². The summed E-state index contributed by atoms with van der Waals surface area (Å²) in [6, 6.07) is 6.44. The molecule has 1 heterocycles. The van der Waals surface area contributed by atoms with Crippen molar-refractivity contribution in [2.75, 3.05) is 5.73 Å². The molecule has 3 heteroatoms. The predicted molar refractivity (Wildman–Crippen MR) is 76.6 cm³/mol. The van der Waals surface area contributed by atoms with Crippen LogP contribution >= 0.6 is 0 Å². The van der Waals surface area contributed by atoms with E-state index in [1.54, 1.807) is 4.68 Å². The number of rotatable bonds is 2. The lowest BCUT2D eigenvalue weighted by molar-refractivity contribution is 0.779. The van der Waals surface area contributed by atoms with E-state index < -0.39 is 0 Å². The van der Waals surface area contributed by atoms with E-state index in [1.165, 1.54) is 16.7 Å². The van der Waals surface area contributed by atoms with E-state index >= 15 is 0 Å². The lowest BCUT2D eigenvalue weighted by Crippen LogP contribution is -2.00. The summed E-state index contributed by atoms with van der Waals surface area (Å²) in [6.45, 7) is 8.53. The molecule has 96 valence electrons. The van der Waals surface area contributed by atoms with Gasteiger partial charge in [0, 0.05) is 18.2 Å². The van der Waals surface area contributed by atoms with Gasteiger partial charge in [-0.15, -0.1) is 0 Å². The minimum Gasteiger partial charge on any atom is -0.384 e. The van der Waals surface area contributed by atoms with E-state index in [2.05, 4.69) is 51.0 Å². The first-order chi connectivity index (χ1) is 8.41. The molecule has 0 aliphatic heterocycles. The Morgan fingerprint density at radius 3 is 2.44 bits per heavy atom. The Labute approximate surface area is 109 Å². The van der Waals surface area contributed by atoms with E-state index in [4.69, 9.17) is 5.73 Å². The van der Waals surface area contributed by atoms with Gasteiger partial charge in [0.25, 0.3) is 0 Å². The van der Waals surface area contributed by atoms with Crippen LogP contribution in [0, 0.1) is 13.8 Å². The first-order valence-corrected chi connectivity index (χ1v) is 6.31. The highest BCUT2D eigenvalue weighted by molar-refractivity contribution is 5.72. The van der Waals surface area contributed by atoms with Crippen molar-refractivity contribution >= 4 is 5.82 Å². The molecule has 0 radical (unpaired) electrons. The molecule has 3 nitrogen and oxygen atoms in total. The smallest absolute Gasteiger partial charge is 0.125 e. The summed E-state index contributed by atoms with van der Waals surface area (Å²) in [5.41, 5.74) is 12.0. The van der Waals surface area contributed by atoms with Gasteiger partial charge in [0.05, 0.1) is 5.69 Å². The number of benzene rings is 1. The number of nitrogens with zero attached hydrogens (tertiary/aromatic N) is 2. The molecule has 0 fully saturated rings. The van der Waals surface area contributed by atoms with Crippen molar-refractivity contribution in [2.24, 2.45) is 7.05 Å². The molecular weight excluding hydrogens is 222 g/mol. The maximum Gasteiger partial charge on any atom is 0.125 e. The molecule has 0 saturated heterocycles. The first kappa shape index (κ1) is 12.7. The summed E-state index contributed by atoms with van der Waals surface area (Å²) in [5, 5.41) is 4.58. The first-order valence-electron chi connectivity index (χ1n) is 6.31. The van der Waals surface area contributed by atoms with E-state index in [0.717, 1.165) is 17.1 Å². The zero-order valence-electron chi connectivity index (χ0n) is 11.8. The van der Waals surface area contributed by atoms with Gasteiger partial charge in [-0.05, 0) is 25.3 Å². The summed E-state index contributed by atoms with van der Waals surface area (Å²) < 4.78 is 1.77. The number of hydrogen-bond donors (Lipinski definition) is 1. The van der Waals surface area contributed by atoms with Crippen molar-refractivity contribution in [3.8, 4) is 11.3 Å². The van der Waals surface area contributed by atoms with Gasteiger partial charge < -0.3 is 5.73 Å². The van der Waals surface area contributed by atoms with Gasteiger partial charge in [-0.1, -0.05) is 37.6 Å². The quantitative estimate of drug-likeness (QED) is 0.878. The van der Waals surface area contributed by atoms with Crippen molar-refractivity contribution in [3.05, 3.63) is 34.9 Å². The summed E-state index contributed by atoms with van der Waals surface area (Å²) in [5.74, 6) is 1.13. The van der Waals surface area contributed by atoms with Crippen LogP contribution < -0.4 is 5.73 Å². The molecule has 0 spiro atoms. The van der Waals surface area contributed by atoms with Crippen molar-refractivity contribution in [3.63, 3.8) is 0 Å². The number of anilines is 1. The van der Waals surface area contributed by atoms with Gasteiger partial charge >= 0.3 is 0 Å². The monoisotopic (exact) mass is 243 g/mol. The highest BCUT2D eigenvalue weighted by Gasteiger charge is 2.19. The summed E-state index contributed by atoms with van der Waals surface area (Å²) in [6.07, 6.45) is 0. The van der Waals surface area contributed by atoms with Crippen LogP contribution in [0.4, 0.5) is 5.82 Å². The maximum atomic E-state index is 6.12. The average Bonchev–Trinajstić information content (AvgIpc) is 2.55. The highest BCUT2D eigenvalue weighted by atomic mass is 15.3. The minimum absolute atomic E-state index is 0.370. The third-order valence-corrected chi connectivity index (χ3v) is 3.34. The second kappa shape index (κ2) is 4.48. The molecule has 0 aliphatic rings. The number of hydrogen-bond acceptors (Lipinski definition) is 2. The molecule has 0 unspecified atom stereocenters. The normalized spacial score (nSPS) is 11.2. The Kier molecular flexibility index (Phi) is 3.16.